The molecule has 1 aliphatic heterocycles. The number of tetrazole rings is 1. The summed E-state index contributed by atoms with van der Waals surface area (Å²) in [5.74, 6) is 1.39. The molecule has 2 aromatic rings. The van der Waals surface area contributed by atoms with E-state index >= 15 is 0 Å². The van der Waals surface area contributed by atoms with Crippen molar-refractivity contribution in [2.24, 2.45) is 5.92 Å². The average molecular weight is 404 g/mol. The van der Waals surface area contributed by atoms with Crippen LogP contribution in [0.2, 0.25) is 0 Å². The Kier molecular flexibility index (Phi) is 6.29. The van der Waals surface area contributed by atoms with E-state index in [0.29, 0.717) is 44.8 Å². The van der Waals surface area contributed by atoms with Gasteiger partial charge in [0.25, 0.3) is 11.8 Å². The van der Waals surface area contributed by atoms with Crippen LogP contribution in [0, 0.1) is 5.92 Å². The van der Waals surface area contributed by atoms with Crippen LogP contribution in [-0.2, 0) is 4.74 Å². The number of hydrogen-bond donors (Lipinski definition) is 2. The average Bonchev–Trinajstić information content (AvgIpc) is 3.27. The van der Waals surface area contributed by atoms with E-state index in [4.69, 9.17) is 14.2 Å². The number of ether oxygens (including phenoxy) is 3. The highest BCUT2D eigenvalue weighted by atomic mass is 16.6. The molecule has 0 aromatic carbocycles. The third kappa shape index (κ3) is 5.28. The molecule has 2 aromatic heterocycles. The molecule has 1 saturated heterocycles. The molecule has 0 spiro atoms. The number of carbonyl (C=O) groups is 1. The predicted octanol–water partition coefficient (Wildman–Crippen LogP) is 1.40. The number of nitrogens with one attached hydrogen (secondary N) is 2. The molecule has 12 nitrogen and oxygen atoms in total. The molecule has 2 aliphatic rings. The normalized spacial score (nSPS) is 17.7. The summed E-state index contributed by atoms with van der Waals surface area (Å²) in [4.78, 5) is 23.0. The summed E-state index contributed by atoms with van der Waals surface area (Å²) in [6.07, 6.45) is 6.64. The molecule has 2 N–H and O–H groups in total. The molecule has 0 bridgehead atoms. The summed E-state index contributed by atoms with van der Waals surface area (Å²) < 4.78 is 16.7. The number of hydrogen-bond acceptors (Lipinski definition) is 10. The third-order valence-electron chi connectivity index (χ3n) is 4.95. The summed E-state index contributed by atoms with van der Waals surface area (Å²) in [7, 11) is 0. The van der Waals surface area contributed by atoms with E-state index in [1.165, 1.54) is 25.5 Å². The molecule has 0 atom stereocenters. The molecule has 0 radical (unpaired) electrons. The number of H-pyrrole nitrogens is 1. The molecule has 29 heavy (non-hydrogen) atoms. The van der Waals surface area contributed by atoms with Crippen LogP contribution < -0.4 is 19.7 Å². The largest absolute Gasteiger partial charge is 0.475 e. The molecule has 12 heteroatoms. The minimum atomic E-state index is -0.781. The standard InChI is InChI=1S/C17H24N8O4/c26-17(20-15-21-23-24-22-15)29-13-10-18-16(25-6-8-27-9-7-25)19-14(13)28-11-12-4-2-1-3-5-12/h10,12H,1-9,11H2,(H2,20,21,22,23,24,26). The van der Waals surface area contributed by atoms with Gasteiger partial charge in [-0.3, -0.25) is 5.32 Å². The molecule has 1 aliphatic carbocycles. The number of amides is 1. The van der Waals surface area contributed by atoms with Crippen LogP contribution in [-0.4, -0.2) is 69.6 Å². The summed E-state index contributed by atoms with van der Waals surface area (Å²) >= 11 is 0. The van der Waals surface area contributed by atoms with E-state index < -0.39 is 6.09 Å². The zero-order valence-corrected chi connectivity index (χ0v) is 16.0. The SMILES string of the molecule is O=C(Nc1nn[nH]n1)Oc1cnc(N2CCOCC2)nc1OCC1CCCCC1. The second-order valence-electron chi connectivity index (χ2n) is 7.00. The van der Waals surface area contributed by atoms with Crippen molar-refractivity contribution in [1.82, 2.24) is 30.6 Å². The van der Waals surface area contributed by atoms with Crippen molar-refractivity contribution in [2.45, 2.75) is 32.1 Å². The van der Waals surface area contributed by atoms with E-state index in [1.807, 2.05) is 4.90 Å². The van der Waals surface area contributed by atoms with E-state index in [-0.39, 0.29) is 17.6 Å². The van der Waals surface area contributed by atoms with Gasteiger partial charge in [-0.05, 0) is 24.0 Å². The summed E-state index contributed by atoms with van der Waals surface area (Å²) in [5.41, 5.74) is 0. The first kappa shape index (κ1) is 19.3. The number of anilines is 2. The molecule has 3 heterocycles. The second-order valence-corrected chi connectivity index (χ2v) is 7.00. The smallest absolute Gasteiger partial charge is 0.419 e. The lowest BCUT2D eigenvalue weighted by Gasteiger charge is -2.27. The monoisotopic (exact) mass is 404 g/mol. The van der Waals surface area contributed by atoms with E-state index in [9.17, 15) is 4.79 Å². The highest BCUT2D eigenvalue weighted by Gasteiger charge is 2.21. The molecule has 0 unspecified atom stereocenters. The molecule has 2 fully saturated rings. The van der Waals surface area contributed by atoms with Crippen LogP contribution in [0.25, 0.3) is 0 Å². The molecule has 4 rings (SSSR count). The molecule has 156 valence electrons. The van der Waals surface area contributed by atoms with Crippen molar-refractivity contribution in [2.75, 3.05) is 43.1 Å². The number of carbonyl (C=O) groups excluding carboxylic acids is 1. The Morgan fingerprint density at radius 3 is 2.86 bits per heavy atom. The van der Waals surface area contributed by atoms with Crippen LogP contribution in [0.4, 0.5) is 16.7 Å². The van der Waals surface area contributed by atoms with Gasteiger partial charge >= 0.3 is 6.09 Å². The second kappa shape index (κ2) is 9.45. The van der Waals surface area contributed by atoms with Crippen LogP contribution >= 0.6 is 0 Å². The Hall–Kier alpha value is -3.02. The Labute approximate surface area is 167 Å². The summed E-state index contributed by atoms with van der Waals surface area (Å²) in [5, 5.41) is 15.3. The number of morpholine rings is 1. The molecular weight excluding hydrogens is 380 g/mol. The zero-order valence-electron chi connectivity index (χ0n) is 16.0. The van der Waals surface area contributed by atoms with Crippen molar-refractivity contribution in [3.63, 3.8) is 0 Å². The summed E-state index contributed by atoms with van der Waals surface area (Å²) in [6, 6.07) is 0. The van der Waals surface area contributed by atoms with Gasteiger partial charge in [-0.2, -0.15) is 10.2 Å². The highest BCUT2D eigenvalue weighted by Crippen LogP contribution is 2.29. The minimum Gasteiger partial charge on any atom is -0.475 e. The van der Waals surface area contributed by atoms with Crippen LogP contribution in [0.15, 0.2) is 6.20 Å². The quantitative estimate of drug-likeness (QED) is 0.725. The fourth-order valence-corrected chi connectivity index (χ4v) is 3.42. The number of nitrogens with zero attached hydrogens (tertiary/aromatic N) is 6. The van der Waals surface area contributed by atoms with Crippen molar-refractivity contribution < 1.29 is 19.0 Å². The first-order valence-electron chi connectivity index (χ1n) is 9.83. The van der Waals surface area contributed by atoms with Gasteiger partial charge in [-0.1, -0.05) is 24.4 Å². The third-order valence-corrected chi connectivity index (χ3v) is 4.95. The van der Waals surface area contributed by atoms with Crippen molar-refractivity contribution >= 4 is 18.0 Å². The van der Waals surface area contributed by atoms with Crippen LogP contribution in [0.1, 0.15) is 32.1 Å². The van der Waals surface area contributed by atoms with Gasteiger partial charge in [-0.25, -0.2) is 9.78 Å². The lowest BCUT2D eigenvalue weighted by atomic mass is 9.90. The van der Waals surface area contributed by atoms with E-state index in [1.54, 1.807) is 0 Å². The molecular formula is C17H24N8O4. The van der Waals surface area contributed by atoms with Crippen molar-refractivity contribution in [1.29, 1.82) is 0 Å². The predicted molar refractivity (Wildman–Crippen MR) is 101 cm³/mol. The molecule has 1 amide bonds. The Bertz CT molecular complexity index is 791. The van der Waals surface area contributed by atoms with Crippen LogP contribution in [0.5, 0.6) is 11.6 Å². The van der Waals surface area contributed by atoms with Gasteiger partial charge in [0.05, 0.1) is 26.0 Å². The summed E-state index contributed by atoms with van der Waals surface area (Å²) in [6.45, 7) is 3.16. The van der Waals surface area contributed by atoms with Crippen molar-refractivity contribution in [3.05, 3.63) is 6.20 Å². The first-order valence-corrected chi connectivity index (χ1v) is 9.83. The zero-order chi connectivity index (χ0) is 19.9. The van der Waals surface area contributed by atoms with E-state index in [2.05, 4.69) is 35.9 Å². The van der Waals surface area contributed by atoms with Crippen molar-refractivity contribution in [3.8, 4) is 11.6 Å². The Balaban J connectivity index is 1.47. The minimum absolute atomic E-state index is 0.00512. The van der Waals surface area contributed by atoms with Gasteiger partial charge < -0.3 is 19.1 Å². The Morgan fingerprint density at radius 1 is 1.28 bits per heavy atom. The van der Waals surface area contributed by atoms with Gasteiger partial charge in [0.15, 0.2) is 0 Å². The fourth-order valence-electron chi connectivity index (χ4n) is 3.42. The Morgan fingerprint density at radius 2 is 2.10 bits per heavy atom. The number of aromatic amines is 1. The topological polar surface area (TPSA) is 140 Å². The number of rotatable bonds is 6. The lowest BCUT2D eigenvalue weighted by molar-refractivity contribution is 0.122. The first-order chi connectivity index (χ1) is 14.3. The van der Waals surface area contributed by atoms with Gasteiger partial charge in [0.2, 0.25) is 11.7 Å². The maximum atomic E-state index is 12.1. The van der Waals surface area contributed by atoms with Crippen LogP contribution in [0.3, 0.4) is 0 Å². The highest BCUT2D eigenvalue weighted by molar-refractivity contribution is 5.84. The van der Waals surface area contributed by atoms with Gasteiger partial charge in [0.1, 0.15) is 0 Å². The van der Waals surface area contributed by atoms with Gasteiger partial charge in [-0.15, -0.1) is 5.10 Å². The maximum absolute atomic E-state index is 12.1. The van der Waals surface area contributed by atoms with E-state index in [0.717, 1.165) is 12.8 Å². The maximum Gasteiger partial charge on any atom is 0.419 e. The lowest BCUT2D eigenvalue weighted by Crippen LogP contribution is -2.37. The molecule has 1 saturated carbocycles. The number of aromatic nitrogens is 6. The fraction of sp³-hybridized carbons (Fsp3) is 0.647. The van der Waals surface area contributed by atoms with Gasteiger partial charge in [0, 0.05) is 13.1 Å².